The van der Waals surface area contributed by atoms with Crippen LogP contribution in [0.1, 0.15) is 42.1 Å². The summed E-state index contributed by atoms with van der Waals surface area (Å²) >= 11 is 0. The summed E-state index contributed by atoms with van der Waals surface area (Å²) in [5, 5.41) is 3.95. The number of carbonyl (C=O) groups excluding carboxylic acids is 1. The normalized spacial score (nSPS) is 10.7. The van der Waals surface area contributed by atoms with Gasteiger partial charge in [0.15, 0.2) is 0 Å². The third-order valence-electron chi connectivity index (χ3n) is 3.22. The SMILES string of the molecule is CCCCCOc1ccc(C=NNC(=O)c2ccncc2)cc1. The highest BCUT2D eigenvalue weighted by molar-refractivity contribution is 5.94. The average molecular weight is 311 g/mol. The predicted molar refractivity (Wildman–Crippen MR) is 90.8 cm³/mol. The van der Waals surface area contributed by atoms with Gasteiger partial charge in [-0.25, -0.2) is 5.43 Å². The van der Waals surface area contributed by atoms with Crippen LogP contribution in [0.2, 0.25) is 0 Å². The van der Waals surface area contributed by atoms with Crippen LogP contribution in [0.3, 0.4) is 0 Å². The summed E-state index contributed by atoms with van der Waals surface area (Å²) in [7, 11) is 0. The summed E-state index contributed by atoms with van der Waals surface area (Å²) in [6.45, 7) is 2.91. The number of nitrogens with one attached hydrogen (secondary N) is 1. The molecular weight excluding hydrogens is 290 g/mol. The molecule has 0 saturated carbocycles. The van der Waals surface area contributed by atoms with Crippen molar-refractivity contribution in [3.63, 3.8) is 0 Å². The van der Waals surface area contributed by atoms with E-state index in [1.54, 1.807) is 30.7 Å². The standard InChI is InChI=1S/C18H21N3O2/c1-2-3-4-13-23-17-7-5-15(6-8-17)14-20-21-18(22)16-9-11-19-12-10-16/h5-12,14H,2-4,13H2,1H3,(H,21,22). The number of hydrazone groups is 1. The Bertz CT molecular complexity index is 624. The molecule has 5 nitrogen and oxygen atoms in total. The van der Waals surface area contributed by atoms with Crippen molar-refractivity contribution in [1.82, 2.24) is 10.4 Å². The van der Waals surface area contributed by atoms with Gasteiger partial charge >= 0.3 is 0 Å². The Morgan fingerprint density at radius 2 is 1.91 bits per heavy atom. The van der Waals surface area contributed by atoms with Crippen LogP contribution < -0.4 is 10.2 Å². The molecule has 0 fully saturated rings. The van der Waals surface area contributed by atoms with Crippen LogP contribution in [0, 0.1) is 0 Å². The van der Waals surface area contributed by atoms with Crippen molar-refractivity contribution in [3.8, 4) is 5.75 Å². The largest absolute Gasteiger partial charge is 0.494 e. The number of rotatable bonds is 8. The van der Waals surface area contributed by atoms with E-state index in [4.69, 9.17) is 4.74 Å². The van der Waals surface area contributed by atoms with E-state index in [9.17, 15) is 4.79 Å². The number of benzene rings is 1. The van der Waals surface area contributed by atoms with Crippen molar-refractivity contribution >= 4 is 12.1 Å². The molecule has 23 heavy (non-hydrogen) atoms. The first-order valence-corrected chi connectivity index (χ1v) is 7.76. The fourth-order valence-corrected chi connectivity index (χ4v) is 1.93. The molecule has 0 unspecified atom stereocenters. The molecule has 0 radical (unpaired) electrons. The third-order valence-corrected chi connectivity index (χ3v) is 3.22. The van der Waals surface area contributed by atoms with Crippen molar-refractivity contribution in [2.75, 3.05) is 6.61 Å². The van der Waals surface area contributed by atoms with E-state index >= 15 is 0 Å². The fourth-order valence-electron chi connectivity index (χ4n) is 1.93. The Balaban J connectivity index is 1.80. The zero-order chi connectivity index (χ0) is 16.3. The Hall–Kier alpha value is -2.69. The molecule has 0 aliphatic rings. The van der Waals surface area contributed by atoms with E-state index in [0.29, 0.717) is 5.56 Å². The number of ether oxygens (including phenoxy) is 1. The maximum atomic E-state index is 11.8. The van der Waals surface area contributed by atoms with Crippen LogP contribution in [0.25, 0.3) is 0 Å². The van der Waals surface area contributed by atoms with Gasteiger partial charge in [0.1, 0.15) is 5.75 Å². The topological polar surface area (TPSA) is 63.6 Å². The molecular formula is C18H21N3O2. The Morgan fingerprint density at radius 3 is 2.61 bits per heavy atom. The second-order valence-electron chi connectivity index (χ2n) is 5.06. The molecule has 2 aromatic rings. The molecule has 1 N–H and O–H groups in total. The summed E-state index contributed by atoms with van der Waals surface area (Å²) in [5.74, 6) is 0.582. The van der Waals surface area contributed by atoms with Crippen LogP contribution in [-0.4, -0.2) is 23.7 Å². The van der Waals surface area contributed by atoms with Crippen molar-refractivity contribution in [2.24, 2.45) is 5.10 Å². The van der Waals surface area contributed by atoms with E-state index in [-0.39, 0.29) is 5.91 Å². The molecule has 1 aromatic heterocycles. The van der Waals surface area contributed by atoms with Crippen LogP contribution in [0.5, 0.6) is 5.75 Å². The molecule has 0 atom stereocenters. The van der Waals surface area contributed by atoms with E-state index in [1.165, 1.54) is 12.8 Å². The summed E-state index contributed by atoms with van der Waals surface area (Å²) in [5.41, 5.74) is 3.89. The van der Waals surface area contributed by atoms with Crippen LogP contribution in [0.15, 0.2) is 53.9 Å². The molecule has 5 heteroatoms. The Morgan fingerprint density at radius 1 is 1.17 bits per heavy atom. The van der Waals surface area contributed by atoms with Gasteiger partial charge in [0.05, 0.1) is 12.8 Å². The van der Waals surface area contributed by atoms with Gasteiger partial charge in [-0.1, -0.05) is 19.8 Å². The van der Waals surface area contributed by atoms with E-state index in [0.717, 1.165) is 24.3 Å². The first-order valence-electron chi connectivity index (χ1n) is 7.76. The maximum Gasteiger partial charge on any atom is 0.271 e. The van der Waals surface area contributed by atoms with Gasteiger partial charge in [-0.2, -0.15) is 5.10 Å². The number of unbranched alkanes of at least 4 members (excludes halogenated alkanes) is 2. The number of pyridine rings is 1. The molecule has 1 aromatic carbocycles. The number of carbonyl (C=O) groups is 1. The summed E-state index contributed by atoms with van der Waals surface area (Å²) in [6, 6.07) is 10.9. The highest BCUT2D eigenvalue weighted by atomic mass is 16.5. The van der Waals surface area contributed by atoms with Crippen molar-refractivity contribution in [1.29, 1.82) is 0 Å². The van der Waals surface area contributed by atoms with Gasteiger partial charge in [0.25, 0.3) is 5.91 Å². The number of hydrogen-bond donors (Lipinski definition) is 1. The first kappa shape index (κ1) is 16.7. The third kappa shape index (κ3) is 5.90. The fraction of sp³-hybridized carbons (Fsp3) is 0.278. The molecule has 120 valence electrons. The maximum absolute atomic E-state index is 11.8. The van der Waals surface area contributed by atoms with Crippen LogP contribution >= 0.6 is 0 Å². The number of aromatic nitrogens is 1. The van der Waals surface area contributed by atoms with E-state index in [2.05, 4.69) is 22.4 Å². The molecule has 1 amide bonds. The minimum Gasteiger partial charge on any atom is -0.494 e. The number of nitrogens with zero attached hydrogens (tertiary/aromatic N) is 2. The van der Waals surface area contributed by atoms with Gasteiger partial charge in [-0.05, 0) is 48.4 Å². The van der Waals surface area contributed by atoms with E-state index < -0.39 is 0 Å². The predicted octanol–water partition coefficient (Wildman–Crippen LogP) is 3.41. The minimum atomic E-state index is -0.264. The summed E-state index contributed by atoms with van der Waals surface area (Å²) in [6.07, 6.45) is 8.17. The number of amides is 1. The molecule has 0 aliphatic heterocycles. The second-order valence-corrected chi connectivity index (χ2v) is 5.06. The average Bonchev–Trinajstić information content (AvgIpc) is 2.60. The van der Waals surface area contributed by atoms with Crippen LogP contribution in [0.4, 0.5) is 0 Å². The molecule has 2 rings (SSSR count). The second kappa shape index (κ2) is 9.35. The Kier molecular flexibility index (Phi) is 6.78. The van der Waals surface area contributed by atoms with Gasteiger partial charge < -0.3 is 4.74 Å². The van der Waals surface area contributed by atoms with Crippen molar-refractivity contribution in [2.45, 2.75) is 26.2 Å². The van der Waals surface area contributed by atoms with Crippen molar-refractivity contribution < 1.29 is 9.53 Å². The highest BCUT2D eigenvalue weighted by Gasteiger charge is 2.01. The smallest absolute Gasteiger partial charge is 0.271 e. The quantitative estimate of drug-likeness (QED) is 0.461. The molecule has 0 aliphatic carbocycles. The van der Waals surface area contributed by atoms with Gasteiger partial charge in [-0.15, -0.1) is 0 Å². The van der Waals surface area contributed by atoms with Gasteiger partial charge in [0.2, 0.25) is 0 Å². The minimum absolute atomic E-state index is 0.264. The lowest BCUT2D eigenvalue weighted by Crippen LogP contribution is -2.17. The lowest BCUT2D eigenvalue weighted by molar-refractivity contribution is 0.0955. The van der Waals surface area contributed by atoms with Gasteiger partial charge in [0, 0.05) is 18.0 Å². The monoisotopic (exact) mass is 311 g/mol. The summed E-state index contributed by atoms with van der Waals surface area (Å²) in [4.78, 5) is 15.7. The lowest BCUT2D eigenvalue weighted by atomic mass is 10.2. The molecule has 0 saturated heterocycles. The summed E-state index contributed by atoms with van der Waals surface area (Å²) < 4.78 is 5.64. The molecule has 1 heterocycles. The highest BCUT2D eigenvalue weighted by Crippen LogP contribution is 2.11. The zero-order valence-corrected chi connectivity index (χ0v) is 13.2. The van der Waals surface area contributed by atoms with Gasteiger partial charge in [-0.3, -0.25) is 9.78 Å². The Labute approximate surface area is 136 Å². The van der Waals surface area contributed by atoms with E-state index in [1.807, 2.05) is 24.3 Å². The first-order chi connectivity index (χ1) is 11.3. The molecule has 0 spiro atoms. The number of hydrogen-bond acceptors (Lipinski definition) is 4. The lowest BCUT2D eigenvalue weighted by Gasteiger charge is -2.05. The van der Waals surface area contributed by atoms with Crippen molar-refractivity contribution in [3.05, 3.63) is 59.9 Å². The zero-order valence-electron chi connectivity index (χ0n) is 13.2. The molecule has 0 bridgehead atoms. The van der Waals surface area contributed by atoms with Crippen LogP contribution in [-0.2, 0) is 0 Å².